The second-order valence-corrected chi connectivity index (χ2v) is 10.3. The Morgan fingerprint density at radius 3 is 2.30 bits per heavy atom. The lowest BCUT2D eigenvalue weighted by Gasteiger charge is -2.27. The van der Waals surface area contributed by atoms with Gasteiger partial charge in [-0.2, -0.15) is 0 Å². The number of thioether (sulfide) groups is 1. The van der Waals surface area contributed by atoms with Crippen molar-refractivity contribution in [3.63, 3.8) is 0 Å². The third-order valence-electron chi connectivity index (χ3n) is 4.57. The molecule has 0 spiro atoms. The molecule has 1 heterocycles. The number of nitrogens with zero attached hydrogens (tertiary/aromatic N) is 1. The summed E-state index contributed by atoms with van der Waals surface area (Å²) in [6.07, 6.45) is 0. The van der Waals surface area contributed by atoms with Crippen LogP contribution in [0.1, 0.15) is 16.5 Å². The highest BCUT2D eigenvalue weighted by Crippen LogP contribution is 2.48. The molecule has 1 saturated heterocycles. The van der Waals surface area contributed by atoms with Gasteiger partial charge < -0.3 is 4.74 Å². The van der Waals surface area contributed by atoms with E-state index in [0.29, 0.717) is 28.2 Å². The molecule has 1 aliphatic heterocycles. The van der Waals surface area contributed by atoms with E-state index in [9.17, 15) is 4.79 Å². The molecule has 8 heteroatoms. The number of hydrogen-bond donors (Lipinski definition) is 0. The molecule has 3 aromatic rings. The molecule has 30 heavy (non-hydrogen) atoms. The Morgan fingerprint density at radius 1 is 1.00 bits per heavy atom. The third kappa shape index (κ3) is 4.83. The number of ether oxygens (including phenoxy) is 1. The monoisotopic (exact) mass is 585 g/mol. The van der Waals surface area contributed by atoms with E-state index in [0.717, 1.165) is 25.8 Å². The number of halogens is 4. The molecule has 0 aromatic heterocycles. The predicted octanol–water partition coefficient (Wildman–Crippen LogP) is 7.88. The number of carbonyl (C=O) groups excluding carboxylic acids is 1. The van der Waals surface area contributed by atoms with Gasteiger partial charge in [-0.1, -0.05) is 51.3 Å². The Balaban J connectivity index is 1.69. The van der Waals surface area contributed by atoms with Crippen molar-refractivity contribution in [2.24, 2.45) is 0 Å². The van der Waals surface area contributed by atoms with Gasteiger partial charge >= 0.3 is 0 Å². The van der Waals surface area contributed by atoms with Crippen LogP contribution >= 0.6 is 66.8 Å². The molecule has 3 aromatic carbocycles. The fourth-order valence-corrected chi connectivity index (χ4v) is 5.99. The van der Waals surface area contributed by atoms with Crippen LogP contribution in [0.4, 0.5) is 5.69 Å². The highest BCUT2D eigenvalue weighted by Gasteiger charge is 2.36. The second-order valence-electron chi connectivity index (χ2n) is 6.62. The largest absolute Gasteiger partial charge is 0.487 e. The molecule has 154 valence electrons. The van der Waals surface area contributed by atoms with Crippen molar-refractivity contribution >= 4 is 78.4 Å². The van der Waals surface area contributed by atoms with Crippen LogP contribution in [0.25, 0.3) is 0 Å². The van der Waals surface area contributed by atoms with Gasteiger partial charge in [-0.3, -0.25) is 9.69 Å². The Morgan fingerprint density at radius 2 is 1.63 bits per heavy atom. The molecule has 4 rings (SSSR count). The van der Waals surface area contributed by atoms with E-state index in [4.69, 9.17) is 27.9 Å². The number of carbonyl (C=O) groups is 1. The molecule has 0 aliphatic carbocycles. The first-order chi connectivity index (χ1) is 14.4. The summed E-state index contributed by atoms with van der Waals surface area (Å²) >= 11 is 20.8. The summed E-state index contributed by atoms with van der Waals surface area (Å²) in [5.41, 5.74) is 2.72. The summed E-state index contributed by atoms with van der Waals surface area (Å²) < 4.78 is 7.94. The van der Waals surface area contributed by atoms with Crippen molar-refractivity contribution in [3.8, 4) is 5.75 Å². The topological polar surface area (TPSA) is 29.5 Å². The lowest BCUT2D eigenvalue weighted by molar-refractivity contribution is -0.115. The van der Waals surface area contributed by atoms with Crippen LogP contribution in [-0.2, 0) is 11.4 Å². The fourth-order valence-electron chi connectivity index (χ4n) is 3.19. The van der Waals surface area contributed by atoms with Crippen LogP contribution in [0.3, 0.4) is 0 Å². The van der Waals surface area contributed by atoms with Gasteiger partial charge in [-0.25, -0.2) is 0 Å². The maximum absolute atomic E-state index is 12.7. The van der Waals surface area contributed by atoms with Gasteiger partial charge in [-0.15, -0.1) is 11.8 Å². The summed E-state index contributed by atoms with van der Waals surface area (Å²) in [6.45, 7) is 0.386. The van der Waals surface area contributed by atoms with Crippen molar-refractivity contribution < 1.29 is 9.53 Å². The van der Waals surface area contributed by atoms with Gasteiger partial charge in [0.15, 0.2) is 0 Å². The Labute approximate surface area is 205 Å². The number of anilines is 1. The van der Waals surface area contributed by atoms with Crippen LogP contribution in [0, 0.1) is 0 Å². The summed E-state index contributed by atoms with van der Waals surface area (Å²) in [4.78, 5) is 14.5. The van der Waals surface area contributed by atoms with Gasteiger partial charge in [0.2, 0.25) is 5.91 Å². The first-order valence-corrected chi connectivity index (χ1v) is 12.4. The van der Waals surface area contributed by atoms with Crippen molar-refractivity contribution in [2.75, 3.05) is 10.7 Å². The molecule has 0 radical (unpaired) electrons. The summed E-state index contributed by atoms with van der Waals surface area (Å²) in [5, 5.41) is 1.10. The van der Waals surface area contributed by atoms with E-state index >= 15 is 0 Å². The van der Waals surface area contributed by atoms with Crippen LogP contribution in [0.15, 0.2) is 69.6 Å². The molecule has 1 atom stereocenters. The molecule has 0 saturated carbocycles. The number of amides is 1. The van der Waals surface area contributed by atoms with Crippen molar-refractivity contribution in [3.05, 3.63) is 90.8 Å². The van der Waals surface area contributed by atoms with Gasteiger partial charge in [0.05, 0.1) is 10.2 Å². The summed E-state index contributed by atoms with van der Waals surface area (Å²) in [5.74, 6) is 1.15. The average Bonchev–Trinajstić information content (AvgIpc) is 3.10. The fraction of sp³-hybridized carbons (Fsp3) is 0.136. The first-order valence-electron chi connectivity index (χ1n) is 8.98. The molecule has 3 nitrogen and oxygen atoms in total. The van der Waals surface area contributed by atoms with E-state index in [-0.39, 0.29) is 11.3 Å². The van der Waals surface area contributed by atoms with Crippen molar-refractivity contribution in [2.45, 2.75) is 12.0 Å². The van der Waals surface area contributed by atoms with Crippen LogP contribution < -0.4 is 9.64 Å². The Bertz CT molecular complexity index is 1080. The third-order valence-corrected chi connectivity index (χ3v) is 7.32. The van der Waals surface area contributed by atoms with Crippen molar-refractivity contribution in [1.29, 1.82) is 0 Å². The lowest BCUT2D eigenvalue weighted by Crippen LogP contribution is -2.28. The number of hydrogen-bond acceptors (Lipinski definition) is 3. The zero-order valence-electron chi connectivity index (χ0n) is 15.4. The van der Waals surface area contributed by atoms with E-state index in [2.05, 4.69) is 31.9 Å². The molecule has 1 fully saturated rings. The van der Waals surface area contributed by atoms with Gasteiger partial charge in [0.1, 0.15) is 17.7 Å². The first kappa shape index (κ1) is 22.0. The van der Waals surface area contributed by atoms with E-state index in [1.165, 1.54) is 0 Å². The molecular formula is C22H15Br2Cl2NO2S. The van der Waals surface area contributed by atoms with E-state index in [1.54, 1.807) is 28.8 Å². The molecule has 0 N–H and O–H groups in total. The normalized spacial score (nSPS) is 16.2. The summed E-state index contributed by atoms with van der Waals surface area (Å²) in [6, 6.07) is 18.8. The molecule has 0 bridgehead atoms. The van der Waals surface area contributed by atoms with Crippen LogP contribution in [0.2, 0.25) is 10.0 Å². The maximum Gasteiger partial charge on any atom is 0.238 e. The minimum absolute atomic E-state index is 0.0482. The molecule has 1 aliphatic rings. The quantitative estimate of drug-likeness (QED) is 0.304. The van der Waals surface area contributed by atoms with E-state index < -0.39 is 0 Å². The standard InChI is InChI=1S/C22H15Br2Cl2NO2S/c23-14-9-18(21(19(24)10-14)29-11-13-1-3-15(25)4-2-13)22-27(20(28)12-30-22)17-7-5-16(26)6-8-17/h1-10,22H,11-12H2/t22-/m0/s1. The molecule has 1 amide bonds. The molecular weight excluding hydrogens is 573 g/mol. The van der Waals surface area contributed by atoms with Gasteiger partial charge in [0, 0.05) is 25.8 Å². The zero-order valence-corrected chi connectivity index (χ0v) is 20.9. The predicted molar refractivity (Wildman–Crippen MR) is 132 cm³/mol. The van der Waals surface area contributed by atoms with Crippen LogP contribution in [-0.4, -0.2) is 11.7 Å². The Kier molecular flexibility index (Phi) is 7.00. The lowest BCUT2D eigenvalue weighted by atomic mass is 10.1. The summed E-state index contributed by atoms with van der Waals surface area (Å²) in [7, 11) is 0. The maximum atomic E-state index is 12.7. The highest BCUT2D eigenvalue weighted by atomic mass is 79.9. The van der Waals surface area contributed by atoms with Crippen molar-refractivity contribution in [1.82, 2.24) is 0 Å². The number of benzene rings is 3. The van der Waals surface area contributed by atoms with Gasteiger partial charge in [0.25, 0.3) is 0 Å². The Hall–Kier alpha value is -1.18. The second kappa shape index (κ2) is 9.53. The van der Waals surface area contributed by atoms with Gasteiger partial charge in [-0.05, 0) is 70.0 Å². The SMILES string of the molecule is O=C1CS[C@@H](c2cc(Br)cc(Br)c2OCc2ccc(Cl)cc2)N1c1ccc(Cl)cc1. The molecule has 0 unspecified atom stereocenters. The average molecular weight is 588 g/mol. The van der Waals surface area contributed by atoms with E-state index in [1.807, 2.05) is 48.5 Å². The zero-order chi connectivity index (χ0) is 21.3. The minimum Gasteiger partial charge on any atom is -0.487 e. The minimum atomic E-state index is -0.215. The van der Waals surface area contributed by atoms with Crippen LogP contribution in [0.5, 0.6) is 5.75 Å². The smallest absolute Gasteiger partial charge is 0.238 e. The highest BCUT2D eigenvalue weighted by molar-refractivity contribution is 9.11. The number of rotatable bonds is 5.